The molecule has 0 bridgehead atoms. The van der Waals surface area contributed by atoms with Crippen molar-refractivity contribution >= 4 is 23.4 Å². The van der Waals surface area contributed by atoms with Gasteiger partial charge in [-0.2, -0.15) is 0 Å². The standard InChI is InChI=1S/C13H16ClN3S/c14-8-4-5-12-11-17(16-15-12)9-10-18-13-6-2-1-3-7-13/h1-3,6-7,11H,4-5,8-10H2. The number of rotatable bonds is 7. The van der Waals surface area contributed by atoms with Crippen molar-refractivity contribution in [3.05, 3.63) is 42.2 Å². The highest BCUT2D eigenvalue weighted by atomic mass is 35.5. The summed E-state index contributed by atoms with van der Waals surface area (Å²) in [7, 11) is 0. The van der Waals surface area contributed by atoms with E-state index >= 15 is 0 Å². The van der Waals surface area contributed by atoms with Gasteiger partial charge >= 0.3 is 0 Å². The second-order valence-corrected chi connectivity index (χ2v) is 5.47. The van der Waals surface area contributed by atoms with Gasteiger partial charge in [0.05, 0.1) is 12.2 Å². The Morgan fingerprint density at radius 2 is 2.06 bits per heavy atom. The third-order valence-corrected chi connectivity index (χ3v) is 3.74. The highest BCUT2D eigenvalue weighted by Crippen LogP contribution is 2.16. The Hall–Kier alpha value is -1.00. The molecule has 3 nitrogen and oxygen atoms in total. The topological polar surface area (TPSA) is 30.7 Å². The molecule has 0 N–H and O–H groups in total. The predicted octanol–water partition coefficient (Wildman–Crippen LogP) is 3.24. The van der Waals surface area contributed by atoms with E-state index in [1.165, 1.54) is 4.90 Å². The Labute approximate surface area is 117 Å². The van der Waals surface area contributed by atoms with Crippen LogP contribution < -0.4 is 0 Å². The van der Waals surface area contributed by atoms with Crippen molar-refractivity contribution < 1.29 is 0 Å². The van der Waals surface area contributed by atoms with Crippen molar-refractivity contribution in [2.45, 2.75) is 24.3 Å². The Bertz CT molecular complexity index is 458. The summed E-state index contributed by atoms with van der Waals surface area (Å²) in [6, 6.07) is 10.4. The number of aryl methyl sites for hydroxylation is 2. The van der Waals surface area contributed by atoms with Crippen molar-refractivity contribution in [3.63, 3.8) is 0 Å². The van der Waals surface area contributed by atoms with Crippen molar-refractivity contribution in [3.8, 4) is 0 Å². The summed E-state index contributed by atoms with van der Waals surface area (Å²) in [6.45, 7) is 0.882. The zero-order valence-corrected chi connectivity index (χ0v) is 11.7. The summed E-state index contributed by atoms with van der Waals surface area (Å²) >= 11 is 7.48. The molecule has 0 amide bonds. The fourth-order valence-electron chi connectivity index (χ4n) is 1.58. The van der Waals surface area contributed by atoms with Gasteiger partial charge < -0.3 is 0 Å². The number of thioether (sulfide) groups is 1. The molecule has 1 aromatic carbocycles. The van der Waals surface area contributed by atoms with Crippen molar-refractivity contribution in [2.24, 2.45) is 0 Å². The zero-order valence-electron chi connectivity index (χ0n) is 10.1. The highest BCUT2D eigenvalue weighted by molar-refractivity contribution is 7.99. The van der Waals surface area contributed by atoms with E-state index in [1.54, 1.807) is 0 Å². The van der Waals surface area contributed by atoms with E-state index < -0.39 is 0 Å². The molecule has 0 radical (unpaired) electrons. The molecule has 1 heterocycles. The van der Waals surface area contributed by atoms with Gasteiger partial charge in [0, 0.05) is 22.7 Å². The molecule has 96 valence electrons. The molecule has 0 fully saturated rings. The molecule has 2 rings (SSSR count). The van der Waals surface area contributed by atoms with Crippen LogP contribution in [0.15, 0.2) is 41.4 Å². The number of hydrogen-bond acceptors (Lipinski definition) is 3. The summed E-state index contributed by atoms with van der Waals surface area (Å²) in [5, 5.41) is 8.23. The van der Waals surface area contributed by atoms with E-state index in [9.17, 15) is 0 Å². The lowest BCUT2D eigenvalue weighted by Crippen LogP contribution is -2.00. The first-order valence-corrected chi connectivity index (χ1v) is 7.53. The lowest BCUT2D eigenvalue weighted by atomic mass is 10.3. The first-order valence-electron chi connectivity index (χ1n) is 6.01. The minimum Gasteiger partial charge on any atom is -0.251 e. The van der Waals surface area contributed by atoms with Gasteiger partial charge in [-0.05, 0) is 25.0 Å². The summed E-state index contributed by atoms with van der Waals surface area (Å²) in [5.41, 5.74) is 1.03. The van der Waals surface area contributed by atoms with Crippen LogP contribution in [0.2, 0.25) is 0 Å². The van der Waals surface area contributed by atoms with E-state index in [-0.39, 0.29) is 0 Å². The van der Waals surface area contributed by atoms with E-state index in [2.05, 4.69) is 34.6 Å². The van der Waals surface area contributed by atoms with Gasteiger partial charge in [0.25, 0.3) is 0 Å². The molecule has 0 aliphatic carbocycles. The maximum Gasteiger partial charge on any atom is 0.0827 e. The Kier molecular flexibility index (Phi) is 5.55. The average Bonchev–Trinajstić information content (AvgIpc) is 2.85. The molecule has 2 aromatic rings. The van der Waals surface area contributed by atoms with Gasteiger partial charge in [0.15, 0.2) is 0 Å². The van der Waals surface area contributed by atoms with Crippen LogP contribution >= 0.6 is 23.4 Å². The number of benzene rings is 1. The third-order valence-electron chi connectivity index (χ3n) is 2.48. The minimum absolute atomic E-state index is 0.677. The van der Waals surface area contributed by atoms with Gasteiger partial charge in [0.1, 0.15) is 0 Å². The zero-order chi connectivity index (χ0) is 12.6. The molecule has 0 saturated heterocycles. The van der Waals surface area contributed by atoms with Gasteiger partial charge in [-0.25, -0.2) is 0 Å². The average molecular weight is 282 g/mol. The van der Waals surface area contributed by atoms with Crippen LogP contribution in [0.1, 0.15) is 12.1 Å². The lowest BCUT2D eigenvalue weighted by molar-refractivity contribution is 0.632. The fraction of sp³-hybridized carbons (Fsp3) is 0.385. The maximum absolute atomic E-state index is 5.65. The van der Waals surface area contributed by atoms with Crippen LogP contribution in [0.3, 0.4) is 0 Å². The van der Waals surface area contributed by atoms with E-state index in [0.29, 0.717) is 5.88 Å². The molecule has 0 aliphatic heterocycles. The molecule has 0 saturated carbocycles. The number of alkyl halides is 1. The van der Waals surface area contributed by atoms with Crippen LogP contribution in [0.4, 0.5) is 0 Å². The van der Waals surface area contributed by atoms with Crippen LogP contribution in [0, 0.1) is 0 Å². The van der Waals surface area contributed by atoms with E-state index in [4.69, 9.17) is 11.6 Å². The maximum atomic E-state index is 5.65. The molecule has 1 aromatic heterocycles. The Balaban J connectivity index is 1.75. The molecular formula is C13H16ClN3S. The van der Waals surface area contributed by atoms with E-state index in [1.807, 2.05) is 28.7 Å². The van der Waals surface area contributed by atoms with Crippen molar-refractivity contribution in [1.82, 2.24) is 15.0 Å². The summed E-state index contributed by atoms with van der Waals surface area (Å²) in [5.74, 6) is 1.68. The predicted molar refractivity (Wildman–Crippen MR) is 76.2 cm³/mol. The fourth-order valence-corrected chi connectivity index (χ4v) is 2.58. The number of halogens is 1. The Morgan fingerprint density at radius 3 is 2.83 bits per heavy atom. The number of hydrogen-bond donors (Lipinski definition) is 0. The third kappa shape index (κ3) is 4.35. The van der Waals surface area contributed by atoms with Crippen LogP contribution in [0.25, 0.3) is 0 Å². The molecule has 5 heteroatoms. The largest absolute Gasteiger partial charge is 0.251 e. The minimum atomic E-state index is 0.677. The van der Waals surface area contributed by atoms with Gasteiger partial charge in [-0.1, -0.05) is 23.4 Å². The molecular weight excluding hydrogens is 266 g/mol. The second kappa shape index (κ2) is 7.44. The molecule has 0 aliphatic rings. The summed E-state index contributed by atoms with van der Waals surface area (Å²) in [4.78, 5) is 1.29. The lowest BCUT2D eigenvalue weighted by Gasteiger charge is -2.00. The van der Waals surface area contributed by atoms with Crippen LogP contribution in [0.5, 0.6) is 0 Å². The normalized spacial score (nSPS) is 10.7. The first kappa shape index (κ1) is 13.4. The Morgan fingerprint density at radius 1 is 1.22 bits per heavy atom. The van der Waals surface area contributed by atoms with Crippen LogP contribution in [-0.2, 0) is 13.0 Å². The quantitative estimate of drug-likeness (QED) is 0.577. The van der Waals surface area contributed by atoms with E-state index in [0.717, 1.165) is 30.8 Å². The summed E-state index contributed by atoms with van der Waals surface area (Å²) in [6.07, 6.45) is 3.88. The molecule has 0 atom stereocenters. The summed E-state index contributed by atoms with van der Waals surface area (Å²) < 4.78 is 1.90. The molecule has 18 heavy (non-hydrogen) atoms. The smallest absolute Gasteiger partial charge is 0.0827 e. The van der Waals surface area contributed by atoms with Gasteiger partial charge in [-0.3, -0.25) is 4.68 Å². The highest BCUT2D eigenvalue weighted by Gasteiger charge is 2.00. The van der Waals surface area contributed by atoms with Gasteiger partial charge in [0.2, 0.25) is 0 Å². The number of aromatic nitrogens is 3. The van der Waals surface area contributed by atoms with Crippen molar-refractivity contribution in [1.29, 1.82) is 0 Å². The van der Waals surface area contributed by atoms with Crippen molar-refractivity contribution in [2.75, 3.05) is 11.6 Å². The first-order chi connectivity index (χ1) is 8.88. The van der Waals surface area contributed by atoms with Gasteiger partial charge in [-0.15, -0.1) is 28.5 Å². The number of nitrogens with zero attached hydrogens (tertiary/aromatic N) is 3. The van der Waals surface area contributed by atoms with Crippen LogP contribution in [-0.4, -0.2) is 26.6 Å². The monoisotopic (exact) mass is 281 g/mol. The molecule has 0 unspecified atom stereocenters. The SMILES string of the molecule is ClCCCc1cn(CCSc2ccccc2)nn1. The second-order valence-electron chi connectivity index (χ2n) is 3.93. The molecule has 0 spiro atoms.